The van der Waals surface area contributed by atoms with E-state index in [1.165, 1.54) is 12.1 Å². The van der Waals surface area contributed by atoms with Crippen LogP contribution < -0.4 is 10.2 Å². The van der Waals surface area contributed by atoms with Gasteiger partial charge in [-0.1, -0.05) is 30.3 Å². The smallest absolute Gasteiger partial charge is 0.408 e. The Balaban J connectivity index is 1.66. The normalized spacial score (nSPS) is 15.4. The van der Waals surface area contributed by atoms with Crippen molar-refractivity contribution >= 4 is 17.7 Å². The largest absolute Gasteiger partial charge is 0.444 e. The second-order valence-electron chi connectivity index (χ2n) is 8.68. The molecule has 1 N–H and O–H groups in total. The molecule has 1 aliphatic heterocycles. The van der Waals surface area contributed by atoms with Crippen LogP contribution in [0.2, 0.25) is 0 Å². The van der Waals surface area contributed by atoms with Crippen LogP contribution in [0.5, 0.6) is 0 Å². The van der Waals surface area contributed by atoms with E-state index in [1.54, 1.807) is 37.8 Å². The first kappa shape index (κ1) is 22.6. The molecule has 0 aromatic heterocycles. The molecular weight excluding hydrogens is 397 g/mol. The van der Waals surface area contributed by atoms with Gasteiger partial charge in [0.2, 0.25) is 5.91 Å². The van der Waals surface area contributed by atoms with Gasteiger partial charge in [-0.2, -0.15) is 0 Å². The zero-order chi connectivity index (χ0) is 22.4. The lowest BCUT2D eigenvalue weighted by atomic mass is 10.0. The fraction of sp³-hybridized carbons (Fsp3) is 0.417. The number of anilines is 1. The molecule has 0 radical (unpaired) electrons. The van der Waals surface area contributed by atoms with Gasteiger partial charge in [-0.05, 0) is 50.6 Å². The van der Waals surface area contributed by atoms with Crippen molar-refractivity contribution in [1.82, 2.24) is 10.2 Å². The van der Waals surface area contributed by atoms with Crippen LogP contribution in [0.25, 0.3) is 0 Å². The second kappa shape index (κ2) is 9.81. The van der Waals surface area contributed by atoms with Crippen LogP contribution in [-0.4, -0.2) is 54.7 Å². The van der Waals surface area contributed by atoms with E-state index in [0.717, 1.165) is 11.3 Å². The van der Waals surface area contributed by atoms with Gasteiger partial charge in [0.15, 0.2) is 0 Å². The van der Waals surface area contributed by atoms with Gasteiger partial charge < -0.3 is 19.9 Å². The average Bonchev–Trinajstić information content (AvgIpc) is 2.73. The summed E-state index contributed by atoms with van der Waals surface area (Å²) >= 11 is 0. The highest BCUT2D eigenvalue weighted by Gasteiger charge is 2.30. The lowest BCUT2D eigenvalue weighted by Crippen LogP contribution is -2.56. The van der Waals surface area contributed by atoms with E-state index in [1.807, 2.05) is 30.3 Å². The number of ether oxygens (including phenoxy) is 1. The number of amides is 2. The number of hydrogen-bond acceptors (Lipinski definition) is 4. The third kappa shape index (κ3) is 6.70. The standard InChI is InChI=1S/C24H30FN3O3/c1-24(2,3)31-23(30)26-21(17-18-7-5-4-6-8-18)22(29)28-15-13-27(14-16-28)20-11-9-19(25)10-12-20/h4-12,21H,13-17H2,1-3H3,(H,26,30). The summed E-state index contributed by atoms with van der Waals surface area (Å²) in [6.45, 7) is 7.69. The molecule has 0 saturated carbocycles. The quantitative estimate of drug-likeness (QED) is 0.792. The van der Waals surface area contributed by atoms with Crippen LogP contribution in [0.3, 0.4) is 0 Å². The molecule has 3 rings (SSSR count). The Bertz CT molecular complexity index is 873. The molecular formula is C24H30FN3O3. The summed E-state index contributed by atoms with van der Waals surface area (Å²) < 4.78 is 18.5. The lowest BCUT2D eigenvalue weighted by molar-refractivity contribution is -0.133. The van der Waals surface area contributed by atoms with Gasteiger partial charge in [-0.3, -0.25) is 4.79 Å². The van der Waals surface area contributed by atoms with Gasteiger partial charge in [0.05, 0.1) is 0 Å². The number of hydrogen-bond donors (Lipinski definition) is 1. The first-order chi connectivity index (χ1) is 14.7. The third-order valence-corrected chi connectivity index (χ3v) is 5.05. The predicted octanol–water partition coefficient (Wildman–Crippen LogP) is 3.61. The van der Waals surface area contributed by atoms with Crippen LogP contribution in [-0.2, 0) is 16.0 Å². The highest BCUT2D eigenvalue weighted by atomic mass is 19.1. The minimum atomic E-state index is -0.713. The first-order valence-corrected chi connectivity index (χ1v) is 10.5. The molecule has 0 bridgehead atoms. The molecule has 31 heavy (non-hydrogen) atoms. The molecule has 7 heteroatoms. The Hall–Kier alpha value is -3.09. The van der Waals surface area contributed by atoms with Gasteiger partial charge in [-0.15, -0.1) is 0 Å². The van der Waals surface area contributed by atoms with E-state index < -0.39 is 17.7 Å². The Morgan fingerprint density at radius 1 is 1.00 bits per heavy atom. The Labute approximate surface area is 183 Å². The molecule has 1 saturated heterocycles. The van der Waals surface area contributed by atoms with E-state index in [2.05, 4.69) is 10.2 Å². The zero-order valence-electron chi connectivity index (χ0n) is 18.3. The maximum atomic E-state index is 13.3. The first-order valence-electron chi connectivity index (χ1n) is 10.5. The van der Waals surface area contributed by atoms with Gasteiger partial charge in [0.25, 0.3) is 0 Å². The van der Waals surface area contributed by atoms with Crippen molar-refractivity contribution in [2.24, 2.45) is 0 Å². The van der Waals surface area contributed by atoms with Gasteiger partial charge >= 0.3 is 6.09 Å². The Morgan fingerprint density at radius 3 is 2.19 bits per heavy atom. The summed E-state index contributed by atoms with van der Waals surface area (Å²) in [5.74, 6) is -0.400. The van der Waals surface area contributed by atoms with Crippen molar-refractivity contribution in [1.29, 1.82) is 0 Å². The van der Waals surface area contributed by atoms with Gasteiger partial charge in [0, 0.05) is 38.3 Å². The van der Waals surface area contributed by atoms with Gasteiger partial charge in [-0.25, -0.2) is 9.18 Å². The third-order valence-electron chi connectivity index (χ3n) is 5.05. The summed E-state index contributed by atoms with van der Waals surface area (Å²) in [4.78, 5) is 29.5. The van der Waals surface area contributed by atoms with Crippen molar-refractivity contribution in [3.05, 3.63) is 66.0 Å². The van der Waals surface area contributed by atoms with Crippen molar-refractivity contribution in [2.45, 2.75) is 38.8 Å². The molecule has 1 unspecified atom stereocenters. The van der Waals surface area contributed by atoms with Crippen molar-refractivity contribution < 1.29 is 18.7 Å². The molecule has 2 aromatic carbocycles. The summed E-state index contributed by atoms with van der Waals surface area (Å²) in [5, 5.41) is 2.76. The Kier molecular flexibility index (Phi) is 7.15. The van der Waals surface area contributed by atoms with Crippen LogP contribution in [0, 0.1) is 5.82 Å². The molecule has 0 aliphatic carbocycles. The summed E-state index contributed by atoms with van der Waals surface area (Å²) in [7, 11) is 0. The molecule has 6 nitrogen and oxygen atoms in total. The molecule has 1 fully saturated rings. The van der Waals surface area contributed by atoms with E-state index in [-0.39, 0.29) is 11.7 Å². The fourth-order valence-corrected chi connectivity index (χ4v) is 3.56. The highest BCUT2D eigenvalue weighted by Crippen LogP contribution is 2.18. The van der Waals surface area contributed by atoms with Crippen molar-refractivity contribution in [2.75, 3.05) is 31.1 Å². The van der Waals surface area contributed by atoms with Gasteiger partial charge in [0.1, 0.15) is 17.5 Å². The number of nitrogens with zero attached hydrogens (tertiary/aromatic N) is 2. The zero-order valence-corrected chi connectivity index (χ0v) is 18.3. The molecule has 0 spiro atoms. The maximum Gasteiger partial charge on any atom is 0.408 e. The molecule has 166 valence electrons. The van der Waals surface area contributed by atoms with E-state index in [4.69, 9.17) is 4.74 Å². The van der Waals surface area contributed by atoms with Crippen LogP contribution in [0.15, 0.2) is 54.6 Å². The SMILES string of the molecule is CC(C)(C)OC(=O)NC(Cc1ccccc1)C(=O)N1CCN(c2ccc(F)cc2)CC1. The van der Waals surface area contributed by atoms with Crippen LogP contribution in [0.1, 0.15) is 26.3 Å². The molecule has 1 atom stereocenters. The highest BCUT2D eigenvalue weighted by molar-refractivity contribution is 5.86. The molecule has 1 aliphatic rings. The van der Waals surface area contributed by atoms with Crippen LogP contribution in [0.4, 0.5) is 14.9 Å². The van der Waals surface area contributed by atoms with E-state index >= 15 is 0 Å². The topological polar surface area (TPSA) is 61.9 Å². The number of carbonyl (C=O) groups excluding carboxylic acids is 2. The summed E-state index contributed by atoms with van der Waals surface area (Å²) in [6, 6.07) is 15.3. The van der Waals surface area contributed by atoms with E-state index in [0.29, 0.717) is 32.6 Å². The maximum absolute atomic E-state index is 13.3. The molecule has 2 amide bonds. The number of rotatable bonds is 5. The summed E-state index contributed by atoms with van der Waals surface area (Å²) in [5.41, 5.74) is 1.24. The minimum Gasteiger partial charge on any atom is -0.444 e. The van der Waals surface area contributed by atoms with Crippen molar-refractivity contribution in [3.8, 4) is 0 Å². The monoisotopic (exact) mass is 427 g/mol. The van der Waals surface area contributed by atoms with Crippen LogP contribution >= 0.6 is 0 Å². The number of carbonyl (C=O) groups is 2. The van der Waals surface area contributed by atoms with Crippen molar-refractivity contribution in [3.63, 3.8) is 0 Å². The Morgan fingerprint density at radius 2 is 1.61 bits per heavy atom. The predicted molar refractivity (Wildman–Crippen MR) is 118 cm³/mol. The molecule has 2 aromatic rings. The van der Waals surface area contributed by atoms with E-state index in [9.17, 15) is 14.0 Å². The second-order valence-corrected chi connectivity index (χ2v) is 8.68. The minimum absolute atomic E-state index is 0.131. The fourth-order valence-electron chi connectivity index (χ4n) is 3.56. The number of piperazine rings is 1. The lowest BCUT2D eigenvalue weighted by Gasteiger charge is -2.37. The average molecular weight is 428 g/mol. The summed E-state index contributed by atoms with van der Waals surface area (Å²) in [6.07, 6.45) is -0.219. The number of nitrogens with one attached hydrogen (secondary N) is 1. The number of alkyl carbamates (subject to hydrolysis) is 1. The number of halogens is 1. The molecule has 1 heterocycles. The number of benzene rings is 2.